The van der Waals surface area contributed by atoms with E-state index in [0.29, 0.717) is 29.4 Å². The second-order valence-corrected chi connectivity index (χ2v) is 17.9. The van der Waals surface area contributed by atoms with Gasteiger partial charge in [-0.3, -0.25) is 0 Å². The van der Waals surface area contributed by atoms with E-state index in [1.807, 2.05) is 87.5 Å². The Bertz CT molecular complexity index is 2380. The van der Waals surface area contributed by atoms with Gasteiger partial charge in [-0.25, -0.2) is 44.7 Å². The van der Waals surface area contributed by atoms with E-state index in [0.717, 1.165) is 82.9 Å². The number of nitrogens with zero attached hydrogens (tertiary/aromatic N) is 8. The molecule has 0 saturated heterocycles. The molecule has 0 bridgehead atoms. The van der Waals surface area contributed by atoms with Crippen LogP contribution in [0.15, 0.2) is 97.6 Å². The summed E-state index contributed by atoms with van der Waals surface area (Å²) in [5, 5.41) is 13.5. The molecule has 15 nitrogen and oxygen atoms in total. The first-order valence-electron chi connectivity index (χ1n) is 21.7. The molecule has 6 N–H and O–H groups in total. The number of ether oxygens (including phenoxy) is 1. The molecule has 3 saturated carbocycles. The zero-order valence-corrected chi connectivity index (χ0v) is 39.1. The van der Waals surface area contributed by atoms with Gasteiger partial charge in [0.1, 0.15) is 28.2 Å². The highest BCUT2D eigenvalue weighted by atomic mass is 35.5. The number of hydrogen-bond donors (Lipinski definition) is 5. The molecule has 1 amide bonds. The minimum absolute atomic E-state index is 0.178. The van der Waals surface area contributed by atoms with Gasteiger partial charge in [0.2, 0.25) is 10.6 Å². The summed E-state index contributed by atoms with van der Waals surface area (Å²) in [6, 6.07) is 23.1. The lowest BCUT2D eigenvalue weighted by Gasteiger charge is -2.19. The first kappa shape index (κ1) is 48.7. The third-order valence-corrected chi connectivity index (χ3v) is 10.4. The van der Waals surface area contributed by atoms with Crippen LogP contribution >= 0.6 is 34.8 Å². The number of halogens is 3. The van der Waals surface area contributed by atoms with Gasteiger partial charge < -0.3 is 31.7 Å². The lowest BCUT2D eigenvalue weighted by atomic mass is 10.1. The van der Waals surface area contributed by atoms with Crippen LogP contribution in [0.1, 0.15) is 70.4 Å². The number of anilines is 3. The Morgan fingerprint density at radius 3 is 1.38 bits per heavy atom. The molecule has 18 heteroatoms. The van der Waals surface area contributed by atoms with Crippen molar-refractivity contribution in [2.45, 2.75) is 78.0 Å². The fraction of sp³-hybridized carbons (Fsp3) is 0.383. The number of alkyl carbamates (subject to hydrolysis) is 1. The van der Waals surface area contributed by atoms with E-state index in [9.17, 15) is 4.79 Å². The van der Waals surface area contributed by atoms with Crippen LogP contribution in [0.4, 0.5) is 22.2 Å². The molecule has 0 unspecified atom stereocenters. The van der Waals surface area contributed by atoms with E-state index >= 15 is 0 Å². The van der Waals surface area contributed by atoms with Crippen molar-refractivity contribution in [2.24, 2.45) is 23.5 Å². The molecule has 2 aromatic carbocycles. The van der Waals surface area contributed by atoms with Crippen LogP contribution in [0.2, 0.25) is 15.7 Å². The fourth-order valence-corrected chi connectivity index (χ4v) is 6.18. The van der Waals surface area contributed by atoms with Gasteiger partial charge in [0.05, 0.1) is 0 Å². The summed E-state index contributed by atoms with van der Waals surface area (Å²) in [7, 11) is 0. The number of amides is 1. The van der Waals surface area contributed by atoms with E-state index < -0.39 is 11.7 Å². The predicted molar refractivity (Wildman–Crippen MR) is 259 cm³/mol. The van der Waals surface area contributed by atoms with Gasteiger partial charge in [-0.2, -0.15) is 0 Å². The summed E-state index contributed by atoms with van der Waals surface area (Å²) in [6.45, 7) is 9.50. The number of nitrogens with one attached hydrogen (secondary N) is 4. The smallest absolute Gasteiger partial charge is 0.407 e. The van der Waals surface area contributed by atoms with Gasteiger partial charge in [0, 0.05) is 68.6 Å². The van der Waals surface area contributed by atoms with Crippen LogP contribution in [-0.2, 0) is 17.8 Å². The van der Waals surface area contributed by atoms with E-state index in [1.165, 1.54) is 44.7 Å². The van der Waals surface area contributed by atoms with Crippen molar-refractivity contribution in [2.75, 3.05) is 35.6 Å². The average Bonchev–Trinajstić information content (AvgIpc) is 4.15. The molecular weight excluding hydrogens is 885 g/mol. The third-order valence-electron chi connectivity index (χ3n) is 9.83. The first-order valence-corrected chi connectivity index (χ1v) is 22.9. The Labute approximate surface area is 395 Å². The van der Waals surface area contributed by atoms with Crippen LogP contribution in [0.25, 0.3) is 22.8 Å². The number of carbonyl (C=O) groups is 1. The molecule has 0 radical (unpaired) electrons. The minimum atomic E-state index is -0.496. The van der Waals surface area contributed by atoms with Crippen LogP contribution in [0.5, 0.6) is 0 Å². The summed E-state index contributed by atoms with van der Waals surface area (Å²) in [5.74, 6) is 6.51. The molecule has 0 spiro atoms. The van der Waals surface area contributed by atoms with Gasteiger partial charge in [-0.05, 0) is 136 Å². The summed E-state index contributed by atoms with van der Waals surface area (Å²) in [4.78, 5) is 44.5. The molecule has 9 rings (SSSR count). The summed E-state index contributed by atoms with van der Waals surface area (Å²) >= 11 is 16.4. The quantitative estimate of drug-likeness (QED) is 0.0510. The van der Waals surface area contributed by atoms with Gasteiger partial charge in [0.15, 0.2) is 11.6 Å². The summed E-state index contributed by atoms with van der Waals surface area (Å²) < 4.78 is 5.23. The fourth-order valence-electron chi connectivity index (χ4n) is 5.70. The highest BCUT2D eigenvalue weighted by molar-refractivity contribution is 6.31. The number of carbonyl (C=O) groups excluding carboxylic acids is 1. The van der Waals surface area contributed by atoms with Crippen molar-refractivity contribution in [3.8, 4) is 22.8 Å². The standard InChI is InChI=1S/C20H26N4O2.C15H18N4.C8H10ClN3.C4H2Cl2N2/c1-20(2,3)26-19(25)23-13-15-6-8-16(9-7-15)18-21-11-10-17(24-18)22-12-14-4-5-14;16-9-11-3-5-13(6-4-11)15-17-8-7-14(19-15)18-10-12-1-2-12;9-8-10-4-3-7(12-8)11-5-6-1-2-6;5-3-1-2-7-4(6)8-3/h6-11,14H,4-5,12-13H2,1-3H3,(H,23,25)(H,21,22,24);3-8,12H,1-2,9-10,16H2,(H,17,18,19);3-4,6H,1-2,5H2,(H,10,11,12);1-2H. The van der Waals surface area contributed by atoms with Crippen molar-refractivity contribution in [3.05, 3.63) is 124 Å². The van der Waals surface area contributed by atoms with E-state index in [4.69, 9.17) is 45.3 Å². The van der Waals surface area contributed by atoms with Crippen LogP contribution < -0.4 is 27.0 Å². The lowest BCUT2D eigenvalue weighted by molar-refractivity contribution is 0.0523. The van der Waals surface area contributed by atoms with Gasteiger partial charge in [-0.1, -0.05) is 60.1 Å². The second kappa shape index (κ2) is 24.5. The maximum absolute atomic E-state index is 11.7. The highest BCUT2D eigenvalue weighted by Gasteiger charge is 2.22. The predicted octanol–water partition coefficient (Wildman–Crippen LogP) is 10.1. The number of nitrogens with two attached hydrogens (primary N) is 1. The number of rotatable bonds is 14. The van der Waals surface area contributed by atoms with Gasteiger partial charge >= 0.3 is 6.09 Å². The van der Waals surface area contributed by atoms with Crippen molar-refractivity contribution >= 4 is 58.3 Å². The molecule has 3 aliphatic carbocycles. The molecule has 0 atom stereocenters. The monoisotopic (exact) mass is 939 g/mol. The molecular formula is C47H56Cl3N13O2. The largest absolute Gasteiger partial charge is 0.444 e. The zero-order chi connectivity index (χ0) is 46.0. The normalized spacial score (nSPS) is 13.9. The molecule has 6 aromatic rings. The van der Waals surface area contributed by atoms with Gasteiger partial charge in [0.25, 0.3) is 0 Å². The van der Waals surface area contributed by atoms with E-state index in [2.05, 4.69) is 61.1 Å². The van der Waals surface area contributed by atoms with Crippen LogP contribution in [0, 0.1) is 17.8 Å². The molecule has 65 heavy (non-hydrogen) atoms. The topological polar surface area (TPSA) is 204 Å². The van der Waals surface area contributed by atoms with Crippen LogP contribution in [-0.4, -0.2) is 71.2 Å². The zero-order valence-electron chi connectivity index (χ0n) is 36.9. The van der Waals surface area contributed by atoms with Crippen molar-refractivity contribution in [1.82, 2.24) is 45.2 Å². The number of aromatic nitrogens is 8. The number of benzene rings is 2. The van der Waals surface area contributed by atoms with Crippen molar-refractivity contribution in [3.63, 3.8) is 0 Å². The lowest BCUT2D eigenvalue weighted by Crippen LogP contribution is -2.32. The molecule has 3 aliphatic rings. The average molecular weight is 941 g/mol. The van der Waals surface area contributed by atoms with E-state index in [-0.39, 0.29) is 5.28 Å². The Morgan fingerprint density at radius 2 is 1.00 bits per heavy atom. The Hall–Kier alpha value is -5.74. The minimum Gasteiger partial charge on any atom is -0.444 e. The Kier molecular flexibility index (Phi) is 18.4. The molecule has 342 valence electrons. The second-order valence-electron chi connectivity index (χ2n) is 16.8. The molecule has 3 fully saturated rings. The van der Waals surface area contributed by atoms with Crippen molar-refractivity contribution in [1.29, 1.82) is 0 Å². The SMILES string of the molecule is CC(C)(C)OC(=O)NCc1ccc(-c2nccc(NCC3CC3)n2)cc1.Clc1ccnc(Cl)n1.Clc1nccc(NCC2CC2)n1.NCc1ccc(-c2nccc(NCC3CC3)n2)cc1. The first-order chi connectivity index (χ1) is 31.4. The number of hydrogen-bond acceptors (Lipinski definition) is 14. The highest BCUT2D eigenvalue weighted by Crippen LogP contribution is 2.30. The summed E-state index contributed by atoms with van der Waals surface area (Å²) in [6.07, 6.45) is 14.3. The van der Waals surface area contributed by atoms with E-state index in [1.54, 1.807) is 24.7 Å². The third kappa shape index (κ3) is 19.1. The molecule has 0 aliphatic heterocycles. The molecule has 4 aromatic heterocycles. The Balaban J connectivity index is 0.000000156. The molecule has 4 heterocycles. The van der Waals surface area contributed by atoms with Crippen molar-refractivity contribution < 1.29 is 9.53 Å². The maximum atomic E-state index is 11.7. The maximum Gasteiger partial charge on any atom is 0.407 e. The summed E-state index contributed by atoms with van der Waals surface area (Å²) in [5.41, 5.74) is 9.17. The van der Waals surface area contributed by atoms with Crippen LogP contribution in [0.3, 0.4) is 0 Å². The Morgan fingerprint density at radius 1 is 0.585 bits per heavy atom. The van der Waals surface area contributed by atoms with Gasteiger partial charge in [-0.15, -0.1) is 0 Å².